The summed E-state index contributed by atoms with van der Waals surface area (Å²) < 4.78 is 46.7. The zero-order valence-corrected chi connectivity index (χ0v) is 56.6. The number of ether oxygens (including phenoxy) is 8. The standard InChI is InChI=1S/C85H76N4O8/c1-53-45-61(25-41-81(53)94-9)86(57-13-29-69(90-5)30-14-57)65-21-37-73-74-38-22-66(87(58-15-31-70(91-6)32-16-58)62-26-42-82(95-10)54(2)46-62)50-78(74)85(77(73)49-65)79-51-67(88(59-17-33-71(92-7)34-18-59)63-27-43-83(96-11)55(3)47-63)23-39-75(79)76-40-24-68(52-80(76)85)89(60-19-35-72(93-8)36-20-60)64-28-44-84(97-12)56(4)48-64/h13-52H,1-12H3. The number of hydrogen-bond acceptors (Lipinski definition) is 12. The van der Waals surface area contributed by atoms with Crippen molar-refractivity contribution in [2.75, 3.05) is 76.5 Å². The van der Waals surface area contributed by atoms with Crippen LogP contribution >= 0.6 is 0 Å². The number of methoxy groups -OCH3 is 8. The molecule has 12 nitrogen and oxygen atoms in total. The second-order valence-corrected chi connectivity index (χ2v) is 24.4. The minimum atomic E-state index is -1.03. The molecule has 1 spiro atoms. The lowest BCUT2D eigenvalue weighted by atomic mass is 9.70. The summed E-state index contributed by atoms with van der Waals surface area (Å²) in [4.78, 5) is 9.35. The predicted octanol–water partition coefficient (Wildman–Crippen LogP) is 21.2. The smallest absolute Gasteiger partial charge is 0.121 e. The Morgan fingerprint density at radius 3 is 0.546 bits per heavy atom. The monoisotopic (exact) mass is 1280 g/mol. The van der Waals surface area contributed by atoms with Gasteiger partial charge in [0.2, 0.25) is 0 Å². The van der Waals surface area contributed by atoms with Crippen molar-refractivity contribution in [3.05, 3.63) is 287 Å². The Morgan fingerprint density at radius 1 is 0.196 bits per heavy atom. The van der Waals surface area contributed by atoms with E-state index in [0.29, 0.717) is 0 Å². The minimum absolute atomic E-state index is 0.759. The summed E-state index contributed by atoms with van der Waals surface area (Å²) in [5, 5.41) is 0. The van der Waals surface area contributed by atoms with Crippen molar-refractivity contribution >= 4 is 68.2 Å². The first-order valence-electron chi connectivity index (χ1n) is 32.3. The van der Waals surface area contributed by atoms with Gasteiger partial charge in [-0.3, -0.25) is 0 Å². The van der Waals surface area contributed by atoms with Gasteiger partial charge in [-0.1, -0.05) is 24.3 Å². The van der Waals surface area contributed by atoms with E-state index in [1.54, 1.807) is 56.9 Å². The molecule has 12 aromatic rings. The SMILES string of the molecule is COc1ccc(N(c2ccc(OC)c(C)c2)c2ccc3c(c2)C2(c4cc(N(c5ccc(OC)cc5)c5ccc(OC)c(C)c5)ccc4-3)c3cc(N(c4ccc(OC)cc4)c4ccc(OC)c(C)c4)ccc3-c3ccc(N(c4ccc(OC)cc4)c4ccc(OC)c(C)c4)cc32)cc1. The zero-order valence-electron chi connectivity index (χ0n) is 56.6. The maximum Gasteiger partial charge on any atom is 0.121 e. The van der Waals surface area contributed by atoms with Gasteiger partial charge in [0.05, 0.1) is 62.3 Å². The lowest BCUT2D eigenvalue weighted by Crippen LogP contribution is -2.27. The lowest BCUT2D eigenvalue weighted by Gasteiger charge is -2.35. The third-order valence-corrected chi connectivity index (χ3v) is 19.1. The highest BCUT2D eigenvalue weighted by molar-refractivity contribution is 6.00. The van der Waals surface area contributed by atoms with E-state index in [4.69, 9.17) is 37.9 Å². The van der Waals surface area contributed by atoms with Crippen LogP contribution in [-0.4, -0.2) is 56.9 Å². The fourth-order valence-electron chi connectivity index (χ4n) is 14.5. The summed E-state index contributed by atoms with van der Waals surface area (Å²) in [7, 11) is 13.7. The number of fused-ring (bicyclic) bond motifs is 10. The summed E-state index contributed by atoms with van der Waals surface area (Å²) in [6.45, 7) is 8.37. The molecule has 0 saturated heterocycles. The second-order valence-electron chi connectivity index (χ2n) is 24.4. The van der Waals surface area contributed by atoms with Gasteiger partial charge in [-0.05, 0) is 313 Å². The molecular weight excluding hydrogens is 1200 g/mol. The first kappa shape index (κ1) is 62.7. The van der Waals surface area contributed by atoms with Crippen LogP contribution in [0.25, 0.3) is 22.3 Å². The average Bonchev–Trinajstić information content (AvgIpc) is 1.50. The van der Waals surface area contributed by atoms with E-state index in [1.165, 1.54) is 0 Å². The number of rotatable bonds is 20. The van der Waals surface area contributed by atoms with Gasteiger partial charge in [-0.15, -0.1) is 0 Å². The van der Waals surface area contributed by atoms with Gasteiger partial charge in [-0.2, -0.15) is 0 Å². The highest BCUT2D eigenvalue weighted by Gasteiger charge is 2.53. The van der Waals surface area contributed by atoms with Crippen molar-refractivity contribution in [1.29, 1.82) is 0 Å². The average molecular weight is 1280 g/mol. The number of aryl methyl sites for hydroxylation is 4. The molecule has 2 aliphatic carbocycles. The Balaban J connectivity index is 1.11. The lowest BCUT2D eigenvalue weighted by molar-refractivity contribution is 0.411. The summed E-state index contributed by atoms with van der Waals surface area (Å²) in [6.07, 6.45) is 0. The molecule has 0 aliphatic heterocycles. The van der Waals surface area contributed by atoms with Gasteiger partial charge in [-0.25, -0.2) is 0 Å². The summed E-state index contributed by atoms with van der Waals surface area (Å²) in [6, 6.07) is 86.8. The molecule has 12 heteroatoms. The molecule has 0 unspecified atom stereocenters. The maximum atomic E-state index is 5.90. The third kappa shape index (κ3) is 10.9. The Hall–Kier alpha value is -11.8. The van der Waals surface area contributed by atoms with E-state index < -0.39 is 5.41 Å². The number of nitrogens with zero attached hydrogens (tertiary/aromatic N) is 4. The fraction of sp³-hybridized carbons (Fsp3) is 0.153. The van der Waals surface area contributed by atoms with Crippen LogP contribution in [0.15, 0.2) is 243 Å². The highest BCUT2D eigenvalue weighted by Crippen LogP contribution is 2.66. The molecule has 2 aliphatic rings. The maximum absolute atomic E-state index is 5.90. The first-order valence-corrected chi connectivity index (χ1v) is 32.3. The molecule has 0 fully saturated rings. The molecule has 0 heterocycles. The number of anilines is 12. The van der Waals surface area contributed by atoms with Crippen molar-refractivity contribution in [2.24, 2.45) is 0 Å². The molecular formula is C85H76N4O8. The number of benzene rings is 12. The normalized spacial score (nSPS) is 12.0. The van der Waals surface area contributed by atoms with Crippen LogP contribution < -0.4 is 57.5 Å². The van der Waals surface area contributed by atoms with Gasteiger partial charge >= 0.3 is 0 Å². The zero-order chi connectivity index (χ0) is 67.2. The van der Waals surface area contributed by atoms with Crippen molar-refractivity contribution in [3.8, 4) is 68.2 Å². The Labute approximate surface area is 568 Å². The summed E-state index contributed by atoms with van der Waals surface area (Å²) in [5.74, 6) is 6.25. The molecule has 0 amide bonds. The second kappa shape index (κ2) is 25.9. The summed E-state index contributed by atoms with van der Waals surface area (Å²) in [5.41, 5.74) is 23.3. The van der Waals surface area contributed by atoms with E-state index in [1.807, 2.05) is 48.5 Å². The van der Waals surface area contributed by atoms with Crippen molar-refractivity contribution in [2.45, 2.75) is 33.1 Å². The summed E-state index contributed by atoms with van der Waals surface area (Å²) >= 11 is 0. The van der Waals surface area contributed by atoms with Crippen molar-refractivity contribution in [1.82, 2.24) is 0 Å². The molecule has 0 N–H and O–H groups in total. The van der Waals surface area contributed by atoms with E-state index in [9.17, 15) is 0 Å². The van der Waals surface area contributed by atoms with E-state index in [0.717, 1.165) is 181 Å². The van der Waals surface area contributed by atoms with Gasteiger partial charge in [0.25, 0.3) is 0 Å². The molecule has 14 rings (SSSR count). The Kier molecular flexibility index (Phi) is 16.7. The largest absolute Gasteiger partial charge is 0.497 e. The van der Waals surface area contributed by atoms with Crippen LogP contribution in [0.1, 0.15) is 44.5 Å². The molecule has 12 aromatic carbocycles. The Bertz CT molecular complexity index is 4310. The molecule has 0 atom stereocenters. The number of hydrogen-bond donors (Lipinski definition) is 0. The van der Waals surface area contributed by atoms with Crippen LogP contribution in [0.5, 0.6) is 46.0 Å². The topological polar surface area (TPSA) is 86.8 Å². The van der Waals surface area contributed by atoms with Gasteiger partial charge < -0.3 is 57.5 Å². The molecule has 0 saturated carbocycles. The predicted molar refractivity (Wildman–Crippen MR) is 393 cm³/mol. The molecule has 0 radical (unpaired) electrons. The molecule has 0 aromatic heterocycles. The van der Waals surface area contributed by atoms with Gasteiger partial charge in [0.1, 0.15) is 46.0 Å². The van der Waals surface area contributed by atoms with Gasteiger partial charge in [0.15, 0.2) is 0 Å². The van der Waals surface area contributed by atoms with Crippen molar-refractivity contribution in [3.63, 3.8) is 0 Å². The Morgan fingerprint density at radius 2 is 0.371 bits per heavy atom. The van der Waals surface area contributed by atoms with Crippen molar-refractivity contribution < 1.29 is 37.9 Å². The van der Waals surface area contributed by atoms with E-state index >= 15 is 0 Å². The van der Waals surface area contributed by atoms with Crippen LogP contribution in [0.4, 0.5) is 68.2 Å². The minimum Gasteiger partial charge on any atom is -0.497 e. The quantitative estimate of drug-likeness (QED) is 0.0728. The molecule has 97 heavy (non-hydrogen) atoms. The van der Waals surface area contributed by atoms with E-state index in [-0.39, 0.29) is 0 Å². The fourth-order valence-corrected chi connectivity index (χ4v) is 14.5. The van der Waals surface area contributed by atoms with Crippen LogP contribution in [0.2, 0.25) is 0 Å². The highest BCUT2D eigenvalue weighted by atomic mass is 16.5. The van der Waals surface area contributed by atoms with Gasteiger partial charge in [0, 0.05) is 68.2 Å². The molecule has 0 bridgehead atoms. The van der Waals surface area contributed by atoms with Crippen LogP contribution in [0.3, 0.4) is 0 Å². The van der Waals surface area contributed by atoms with E-state index in [2.05, 4.69) is 241 Å². The molecule has 484 valence electrons. The third-order valence-electron chi connectivity index (χ3n) is 19.1. The van der Waals surface area contributed by atoms with Crippen LogP contribution in [-0.2, 0) is 5.41 Å². The first-order chi connectivity index (χ1) is 47.3. The van der Waals surface area contributed by atoms with Crippen LogP contribution in [0, 0.1) is 27.7 Å².